The van der Waals surface area contributed by atoms with Gasteiger partial charge in [0.2, 0.25) is 5.91 Å². The van der Waals surface area contributed by atoms with Gasteiger partial charge in [0, 0.05) is 6.04 Å². The Morgan fingerprint density at radius 2 is 1.93 bits per heavy atom. The van der Waals surface area contributed by atoms with Crippen molar-refractivity contribution in [1.82, 2.24) is 10.2 Å². The second-order valence-electron chi connectivity index (χ2n) is 4.98. The topological polar surface area (TPSA) is 32.3 Å². The highest BCUT2D eigenvalue weighted by Crippen LogP contribution is 2.37. The zero-order valence-electron chi connectivity index (χ0n) is 8.59. The first-order valence-electron chi connectivity index (χ1n) is 5.88. The summed E-state index contributed by atoms with van der Waals surface area (Å²) in [6.45, 7) is 0.809. The zero-order chi connectivity index (χ0) is 9.60. The van der Waals surface area contributed by atoms with Crippen molar-refractivity contribution < 1.29 is 4.79 Å². The number of carbonyl (C=O) groups is 1. The van der Waals surface area contributed by atoms with E-state index in [1.165, 1.54) is 32.1 Å². The maximum atomic E-state index is 12.2. The molecular weight excluding hydrogens is 176 g/mol. The zero-order valence-corrected chi connectivity index (χ0v) is 8.59. The lowest BCUT2D eigenvalue weighted by Crippen LogP contribution is -2.47. The van der Waals surface area contributed by atoms with Crippen LogP contribution in [0.4, 0.5) is 0 Å². The molecule has 3 fully saturated rings. The fraction of sp³-hybridized carbons (Fsp3) is 0.909. The summed E-state index contributed by atoms with van der Waals surface area (Å²) in [4.78, 5) is 14.3. The molecule has 1 aliphatic heterocycles. The lowest BCUT2D eigenvalue weighted by atomic mass is 9.90. The third-order valence-corrected chi connectivity index (χ3v) is 4.23. The van der Waals surface area contributed by atoms with Crippen molar-refractivity contribution in [1.29, 1.82) is 0 Å². The molecule has 1 spiro atoms. The maximum Gasteiger partial charge on any atom is 0.244 e. The fourth-order valence-corrected chi connectivity index (χ4v) is 3.02. The van der Waals surface area contributed by atoms with Crippen LogP contribution >= 0.6 is 0 Å². The van der Waals surface area contributed by atoms with Gasteiger partial charge >= 0.3 is 0 Å². The number of hydrogen-bond donors (Lipinski definition) is 1. The van der Waals surface area contributed by atoms with Crippen LogP contribution < -0.4 is 5.32 Å². The normalized spacial score (nSPS) is 31.4. The Labute approximate surface area is 84.8 Å². The Morgan fingerprint density at radius 1 is 1.21 bits per heavy atom. The lowest BCUT2D eigenvalue weighted by molar-refractivity contribution is -0.135. The molecule has 14 heavy (non-hydrogen) atoms. The molecule has 3 rings (SSSR count). The minimum absolute atomic E-state index is 0.129. The van der Waals surface area contributed by atoms with Crippen molar-refractivity contribution in [3.8, 4) is 0 Å². The van der Waals surface area contributed by atoms with E-state index in [9.17, 15) is 4.79 Å². The van der Waals surface area contributed by atoms with E-state index in [1.54, 1.807) is 0 Å². The van der Waals surface area contributed by atoms with E-state index in [0.29, 0.717) is 11.9 Å². The Balaban J connectivity index is 1.76. The Bertz CT molecular complexity index is 254. The summed E-state index contributed by atoms with van der Waals surface area (Å²) in [5, 5.41) is 3.46. The van der Waals surface area contributed by atoms with Crippen LogP contribution in [0, 0.1) is 0 Å². The summed E-state index contributed by atoms with van der Waals surface area (Å²) in [5.41, 5.74) is -0.129. The number of nitrogens with one attached hydrogen (secondary N) is 1. The van der Waals surface area contributed by atoms with Gasteiger partial charge in [-0.2, -0.15) is 0 Å². The van der Waals surface area contributed by atoms with Gasteiger partial charge in [0.15, 0.2) is 0 Å². The van der Waals surface area contributed by atoms with E-state index in [-0.39, 0.29) is 5.54 Å². The SMILES string of the molecule is O=C1N(C2CCC2)CNC12CCCC2. The van der Waals surface area contributed by atoms with Crippen molar-refractivity contribution in [3.63, 3.8) is 0 Å². The van der Waals surface area contributed by atoms with Crippen molar-refractivity contribution in [2.24, 2.45) is 0 Å². The standard InChI is InChI=1S/C11H18N2O/c14-10-11(6-1-2-7-11)12-8-13(10)9-4-3-5-9/h9,12H,1-8H2. The molecule has 3 aliphatic rings. The predicted octanol–water partition coefficient (Wildman–Crippen LogP) is 1.24. The molecule has 0 aromatic rings. The van der Waals surface area contributed by atoms with E-state index in [2.05, 4.69) is 10.2 Å². The number of nitrogens with zero attached hydrogens (tertiary/aromatic N) is 1. The van der Waals surface area contributed by atoms with Crippen molar-refractivity contribution in [2.45, 2.75) is 56.5 Å². The Morgan fingerprint density at radius 3 is 2.50 bits per heavy atom. The second kappa shape index (κ2) is 2.96. The van der Waals surface area contributed by atoms with Gasteiger partial charge < -0.3 is 4.90 Å². The molecule has 1 N–H and O–H groups in total. The molecular formula is C11H18N2O. The average Bonchev–Trinajstić information content (AvgIpc) is 2.66. The highest BCUT2D eigenvalue weighted by molar-refractivity contribution is 5.89. The van der Waals surface area contributed by atoms with E-state index in [0.717, 1.165) is 19.5 Å². The summed E-state index contributed by atoms with van der Waals surface area (Å²) >= 11 is 0. The smallest absolute Gasteiger partial charge is 0.244 e. The van der Waals surface area contributed by atoms with Crippen LogP contribution in [0.3, 0.4) is 0 Å². The first-order valence-corrected chi connectivity index (χ1v) is 5.88. The van der Waals surface area contributed by atoms with Crippen molar-refractivity contribution >= 4 is 5.91 Å². The Hall–Kier alpha value is -0.570. The minimum Gasteiger partial charge on any atom is -0.325 e. The third-order valence-electron chi connectivity index (χ3n) is 4.23. The molecule has 1 heterocycles. The molecule has 0 radical (unpaired) electrons. The third kappa shape index (κ3) is 1.05. The molecule has 2 aliphatic carbocycles. The van der Waals surface area contributed by atoms with Gasteiger partial charge in [0.1, 0.15) is 0 Å². The molecule has 1 amide bonds. The average molecular weight is 194 g/mol. The van der Waals surface area contributed by atoms with Crippen molar-refractivity contribution in [2.75, 3.05) is 6.67 Å². The van der Waals surface area contributed by atoms with E-state index in [1.807, 2.05) is 0 Å². The summed E-state index contributed by atoms with van der Waals surface area (Å²) in [6, 6.07) is 0.565. The number of carbonyl (C=O) groups excluding carboxylic acids is 1. The number of amides is 1. The van der Waals surface area contributed by atoms with Crippen LogP contribution in [-0.2, 0) is 4.79 Å². The quantitative estimate of drug-likeness (QED) is 0.681. The molecule has 3 heteroatoms. The maximum absolute atomic E-state index is 12.2. The van der Waals surface area contributed by atoms with Crippen LogP contribution in [0.2, 0.25) is 0 Å². The van der Waals surface area contributed by atoms with Crippen LogP contribution in [0.25, 0.3) is 0 Å². The largest absolute Gasteiger partial charge is 0.325 e. The first kappa shape index (κ1) is 8.72. The summed E-state index contributed by atoms with van der Waals surface area (Å²) in [6.07, 6.45) is 8.33. The van der Waals surface area contributed by atoms with Crippen LogP contribution in [0.1, 0.15) is 44.9 Å². The van der Waals surface area contributed by atoms with E-state index < -0.39 is 0 Å². The van der Waals surface area contributed by atoms with Gasteiger partial charge in [0.05, 0.1) is 12.2 Å². The minimum atomic E-state index is -0.129. The summed E-state index contributed by atoms with van der Waals surface area (Å²) in [5.74, 6) is 0.403. The van der Waals surface area contributed by atoms with Gasteiger partial charge in [0.25, 0.3) is 0 Å². The molecule has 78 valence electrons. The predicted molar refractivity (Wildman–Crippen MR) is 53.7 cm³/mol. The van der Waals surface area contributed by atoms with Crippen LogP contribution in [0.5, 0.6) is 0 Å². The molecule has 0 bridgehead atoms. The van der Waals surface area contributed by atoms with Crippen LogP contribution in [0.15, 0.2) is 0 Å². The first-order chi connectivity index (χ1) is 6.82. The molecule has 0 aromatic heterocycles. The van der Waals surface area contributed by atoms with Gasteiger partial charge in [-0.3, -0.25) is 10.1 Å². The highest BCUT2D eigenvalue weighted by Gasteiger charge is 2.50. The number of hydrogen-bond acceptors (Lipinski definition) is 2. The highest BCUT2D eigenvalue weighted by atomic mass is 16.2. The molecule has 0 atom stereocenters. The molecule has 3 nitrogen and oxygen atoms in total. The van der Waals surface area contributed by atoms with Crippen LogP contribution in [-0.4, -0.2) is 29.1 Å². The van der Waals surface area contributed by atoms with Gasteiger partial charge in [-0.15, -0.1) is 0 Å². The second-order valence-corrected chi connectivity index (χ2v) is 4.98. The molecule has 0 unspecified atom stereocenters. The lowest BCUT2D eigenvalue weighted by Gasteiger charge is -2.35. The fourth-order valence-electron chi connectivity index (χ4n) is 3.02. The molecule has 1 saturated heterocycles. The van der Waals surface area contributed by atoms with E-state index in [4.69, 9.17) is 0 Å². The van der Waals surface area contributed by atoms with Gasteiger partial charge in [-0.1, -0.05) is 12.8 Å². The van der Waals surface area contributed by atoms with Crippen molar-refractivity contribution in [3.05, 3.63) is 0 Å². The number of rotatable bonds is 1. The monoisotopic (exact) mass is 194 g/mol. The van der Waals surface area contributed by atoms with Gasteiger partial charge in [-0.05, 0) is 32.1 Å². The molecule has 0 aromatic carbocycles. The van der Waals surface area contributed by atoms with Gasteiger partial charge in [-0.25, -0.2) is 0 Å². The summed E-state index contributed by atoms with van der Waals surface area (Å²) < 4.78 is 0. The van der Waals surface area contributed by atoms with E-state index >= 15 is 0 Å². The Kier molecular flexibility index (Phi) is 1.84. The summed E-state index contributed by atoms with van der Waals surface area (Å²) in [7, 11) is 0. The molecule has 2 saturated carbocycles.